The first-order valence-corrected chi connectivity index (χ1v) is 10.7. The summed E-state index contributed by atoms with van der Waals surface area (Å²) in [6.45, 7) is 4.21. The Morgan fingerprint density at radius 3 is 2.70 bits per heavy atom. The van der Waals surface area contributed by atoms with Crippen molar-refractivity contribution in [1.29, 1.82) is 5.26 Å². The predicted molar refractivity (Wildman–Crippen MR) is 116 cm³/mol. The number of nitriles is 1. The van der Waals surface area contributed by atoms with Gasteiger partial charge in [0, 0.05) is 25.3 Å². The minimum absolute atomic E-state index is 0.0148. The normalized spacial score (nSPS) is 20.3. The summed E-state index contributed by atoms with van der Waals surface area (Å²) < 4.78 is 0. The third-order valence-corrected chi connectivity index (χ3v) is 5.53. The molecule has 1 aromatic carbocycles. The van der Waals surface area contributed by atoms with Gasteiger partial charge in [-0.15, -0.1) is 0 Å². The molecule has 0 aliphatic carbocycles. The number of nitrogens with one attached hydrogen (secondary N) is 2. The number of piperidine rings is 1. The molecule has 0 spiro atoms. The first kappa shape index (κ1) is 21.6. The number of likely N-dealkylation sites (tertiary alicyclic amines) is 2. The third kappa shape index (κ3) is 5.96. The Balaban J connectivity index is 1.71. The predicted octanol–water partition coefficient (Wildman–Crippen LogP) is 2.23. The van der Waals surface area contributed by atoms with E-state index in [9.17, 15) is 9.59 Å². The number of carbonyl (C=O) groups is 2. The Morgan fingerprint density at radius 2 is 1.97 bits per heavy atom. The lowest BCUT2D eigenvalue weighted by molar-refractivity contribution is -0.141. The second kappa shape index (κ2) is 10.6. The van der Waals surface area contributed by atoms with Crippen LogP contribution in [0.15, 0.2) is 29.3 Å². The van der Waals surface area contributed by atoms with Gasteiger partial charge in [0.05, 0.1) is 6.54 Å². The summed E-state index contributed by atoms with van der Waals surface area (Å²) in [4.78, 5) is 33.8. The number of aryl methyl sites for hydroxylation is 1. The quantitative estimate of drug-likeness (QED) is 0.343. The molecule has 0 saturated carbocycles. The van der Waals surface area contributed by atoms with Crippen molar-refractivity contribution in [3.8, 4) is 6.19 Å². The summed E-state index contributed by atoms with van der Waals surface area (Å²) in [5.41, 5.74) is 1.86. The van der Waals surface area contributed by atoms with Crippen molar-refractivity contribution in [2.75, 3.05) is 31.5 Å². The largest absolute Gasteiger partial charge is 0.341 e. The molecule has 1 atom stereocenters. The maximum atomic E-state index is 13.1. The zero-order valence-electron chi connectivity index (χ0n) is 17.6. The molecule has 2 aliphatic rings. The molecule has 2 N–H and O–H groups in total. The average molecular weight is 411 g/mol. The molecule has 2 fully saturated rings. The summed E-state index contributed by atoms with van der Waals surface area (Å²) in [7, 11) is 0. The van der Waals surface area contributed by atoms with E-state index in [4.69, 9.17) is 5.26 Å². The summed E-state index contributed by atoms with van der Waals surface area (Å²) in [6.07, 6.45) is 7.38. The smallest absolute Gasteiger partial charge is 0.247 e. The highest BCUT2D eigenvalue weighted by Gasteiger charge is 2.30. The minimum atomic E-state index is -0.616. The molecular weight excluding hydrogens is 380 g/mol. The molecule has 0 aromatic heterocycles. The van der Waals surface area contributed by atoms with E-state index in [1.54, 1.807) is 4.90 Å². The molecule has 1 aromatic rings. The molecule has 3 rings (SSSR count). The summed E-state index contributed by atoms with van der Waals surface area (Å²) in [5, 5.41) is 14.7. The molecule has 8 heteroatoms. The van der Waals surface area contributed by atoms with E-state index in [0.717, 1.165) is 56.4 Å². The summed E-state index contributed by atoms with van der Waals surface area (Å²) in [6, 6.07) is 7.08. The highest BCUT2D eigenvalue weighted by atomic mass is 16.2. The van der Waals surface area contributed by atoms with Crippen molar-refractivity contribution in [1.82, 2.24) is 15.1 Å². The van der Waals surface area contributed by atoms with Gasteiger partial charge in [0.1, 0.15) is 6.04 Å². The fraction of sp³-hybridized carbons (Fsp3) is 0.545. The SMILES string of the molecule is Cc1cccc(NC(=NC2CCCCN(CC(=O)N3CCCCC3)C2=O)NC#N)c1. The third-order valence-electron chi connectivity index (χ3n) is 5.53. The molecule has 8 nitrogen and oxygen atoms in total. The highest BCUT2D eigenvalue weighted by molar-refractivity contribution is 5.97. The van der Waals surface area contributed by atoms with Gasteiger partial charge in [-0.3, -0.25) is 14.9 Å². The van der Waals surface area contributed by atoms with Crippen molar-refractivity contribution in [3.63, 3.8) is 0 Å². The van der Waals surface area contributed by atoms with Crippen LogP contribution in [0.25, 0.3) is 0 Å². The van der Waals surface area contributed by atoms with E-state index in [2.05, 4.69) is 15.6 Å². The Labute approximate surface area is 177 Å². The van der Waals surface area contributed by atoms with Gasteiger partial charge in [-0.1, -0.05) is 12.1 Å². The fourth-order valence-corrected chi connectivity index (χ4v) is 3.93. The number of amides is 2. The number of rotatable bonds is 4. The number of benzene rings is 1. The Hall–Kier alpha value is -3.08. The van der Waals surface area contributed by atoms with Crippen LogP contribution in [0.3, 0.4) is 0 Å². The van der Waals surface area contributed by atoms with Crippen LogP contribution < -0.4 is 10.6 Å². The van der Waals surface area contributed by atoms with E-state index < -0.39 is 6.04 Å². The van der Waals surface area contributed by atoms with Crippen molar-refractivity contribution >= 4 is 23.5 Å². The topological polar surface area (TPSA) is 101 Å². The molecule has 1 unspecified atom stereocenters. The molecular formula is C22H30N6O2. The number of guanidine groups is 1. The number of aliphatic imine (C=N–C) groups is 1. The van der Waals surface area contributed by atoms with Gasteiger partial charge in [0.25, 0.3) is 0 Å². The van der Waals surface area contributed by atoms with Gasteiger partial charge < -0.3 is 15.1 Å². The van der Waals surface area contributed by atoms with Gasteiger partial charge in [-0.05, 0) is 63.1 Å². The molecule has 2 amide bonds. The van der Waals surface area contributed by atoms with Gasteiger partial charge in [0.2, 0.25) is 17.8 Å². The first-order valence-electron chi connectivity index (χ1n) is 10.7. The van der Waals surface area contributed by atoms with Crippen molar-refractivity contribution in [3.05, 3.63) is 29.8 Å². The highest BCUT2D eigenvalue weighted by Crippen LogP contribution is 2.17. The standard InChI is InChI=1S/C22H30N6O2/c1-17-8-7-9-18(14-17)25-22(24-16-23)26-19-10-3-6-13-28(21(19)30)15-20(29)27-11-4-2-5-12-27/h7-9,14,19H,2-6,10-13,15H2,1H3,(H2,24,25,26). The number of carbonyl (C=O) groups excluding carboxylic acids is 2. The first-order chi connectivity index (χ1) is 14.6. The molecule has 30 heavy (non-hydrogen) atoms. The van der Waals surface area contributed by atoms with Crippen LogP contribution in [0.1, 0.15) is 44.1 Å². The number of hydrogen-bond acceptors (Lipinski definition) is 4. The van der Waals surface area contributed by atoms with E-state index >= 15 is 0 Å². The maximum Gasteiger partial charge on any atom is 0.247 e. The average Bonchev–Trinajstić information content (AvgIpc) is 2.91. The van der Waals surface area contributed by atoms with Gasteiger partial charge in [-0.25, -0.2) is 4.99 Å². The van der Waals surface area contributed by atoms with Crippen LogP contribution in [0.2, 0.25) is 0 Å². The molecule has 2 saturated heterocycles. The van der Waals surface area contributed by atoms with Crippen molar-refractivity contribution < 1.29 is 9.59 Å². The van der Waals surface area contributed by atoms with Crippen LogP contribution in [0.4, 0.5) is 5.69 Å². The maximum absolute atomic E-state index is 13.1. The zero-order chi connectivity index (χ0) is 21.3. The number of nitrogens with zero attached hydrogens (tertiary/aromatic N) is 4. The van der Waals surface area contributed by atoms with Crippen LogP contribution in [0, 0.1) is 18.4 Å². The number of hydrogen-bond donors (Lipinski definition) is 2. The lowest BCUT2D eigenvalue weighted by Gasteiger charge is -2.30. The van der Waals surface area contributed by atoms with E-state index in [1.807, 2.05) is 42.3 Å². The zero-order valence-corrected chi connectivity index (χ0v) is 17.6. The lowest BCUT2D eigenvalue weighted by Crippen LogP contribution is -2.47. The Bertz CT molecular complexity index is 825. The van der Waals surface area contributed by atoms with Gasteiger partial charge >= 0.3 is 0 Å². The molecule has 0 bridgehead atoms. The van der Waals surface area contributed by atoms with Crippen LogP contribution in [-0.4, -0.2) is 59.8 Å². The van der Waals surface area contributed by atoms with E-state index in [-0.39, 0.29) is 24.3 Å². The monoisotopic (exact) mass is 410 g/mol. The molecule has 160 valence electrons. The fourth-order valence-electron chi connectivity index (χ4n) is 3.93. The van der Waals surface area contributed by atoms with Crippen LogP contribution in [-0.2, 0) is 9.59 Å². The van der Waals surface area contributed by atoms with Crippen molar-refractivity contribution in [2.45, 2.75) is 51.5 Å². The summed E-state index contributed by atoms with van der Waals surface area (Å²) >= 11 is 0. The Kier molecular flexibility index (Phi) is 7.66. The number of anilines is 1. The second-order valence-electron chi connectivity index (χ2n) is 7.92. The second-order valence-corrected chi connectivity index (χ2v) is 7.92. The van der Waals surface area contributed by atoms with E-state index in [0.29, 0.717) is 13.0 Å². The van der Waals surface area contributed by atoms with Crippen LogP contribution >= 0.6 is 0 Å². The van der Waals surface area contributed by atoms with Gasteiger partial charge in [-0.2, -0.15) is 5.26 Å². The lowest BCUT2D eigenvalue weighted by atomic mass is 10.1. The molecule has 2 aliphatic heterocycles. The van der Waals surface area contributed by atoms with Crippen molar-refractivity contribution in [2.24, 2.45) is 4.99 Å². The van der Waals surface area contributed by atoms with Crippen LogP contribution in [0.5, 0.6) is 0 Å². The molecule has 2 heterocycles. The summed E-state index contributed by atoms with van der Waals surface area (Å²) in [5.74, 6) is 0.104. The Morgan fingerprint density at radius 1 is 1.20 bits per heavy atom. The van der Waals surface area contributed by atoms with E-state index in [1.165, 1.54) is 0 Å². The van der Waals surface area contributed by atoms with Gasteiger partial charge in [0.15, 0.2) is 6.19 Å². The molecule has 0 radical (unpaired) electrons. The minimum Gasteiger partial charge on any atom is -0.341 e.